The lowest BCUT2D eigenvalue weighted by Crippen LogP contribution is -2.28. The van der Waals surface area contributed by atoms with Crippen LogP contribution < -0.4 is 17.0 Å². The number of nitrogens with one attached hydrogen (secondary N) is 1. The molecule has 0 saturated carbocycles. The molecule has 0 aliphatic rings. The first kappa shape index (κ1) is 16.3. The molecular weight excluding hydrogens is 277 g/mol. The summed E-state index contributed by atoms with van der Waals surface area (Å²) in [4.78, 5) is 17.5. The van der Waals surface area contributed by atoms with Gasteiger partial charge in [-0.05, 0) is 19.3 Å². The highest BCUT2D eigenvalue weighted by molar-refractivity contribution is 5.41. The first-order chi connectivity index (χ1) is 9.21. The number of hydrogen-bond donors (Lipinski definition) is 4. The summed E-state index contributed by atoms with van der Waals surface area (Å²) >= 11 is 0. The van der Waals surface area contributed by atoms with Gasteiger partial charge in [0.15, 0.2) is 0 Å². The molecule has 114 valence electrons. The van der Waals surface area contributed by atoms with Crippen LogP contribution in [0, 0.1) is 0 Å². The lowest BCUT2D eigenvalue weighted by molar-refractivity contribution is -0.205. The zero-order valence-corrected chi connectivity index (χ0v) is 10.7. The van der Waals surface area contributed by atoms with Gasteiger partial charge in [-0.1, -0.05) is 12.8 Å². The number of aromatic nitrogens is 2. The normalized spacial score (nSPS) is 13.4. The quantitative estimate of drug-likeness (QED) is 0.583. The molecule has 0 fully saturated rings. The Morgan fingerprint density at radius 3 is 2.45 bits per heavy atom. The van der Waals surface area contributed by atoms with E-state index < -0.39 is 17.8 Å². The van der Waals surface area contributed by atoms with E-state index in [4.69, 9.17) is 16.6 Å². The summed E-state index contributed by atoms with van der Waals surface area (Å²) in [5, 5.41) is 8.80. The molecule has 0 aliphatic heterocycles. The van der Waals surface area contributed by atoms with E-state index in [0.717, 1.165) is 0 Å². The number of aliphatic hydroxyl groups excluding tert-OH is 1. The number of rotatable bonds is 6. The van der Waals surface area contributed by atoms with E-state index in [2.05, 4.69) is 9.97 Å². The molecule has 1 atom stereocenters. The van der Waals surface area contributed by atoms with Gasteiger partial charge in [0.05, 0.1) is 5.56 Å². The van der Waals surface area contributed by atoms with Gasteiger partial charge in [0, 0.05) is 0 Å². The predicted octanol–water partition coefficient (Wildman–Crippen LogP) is 0.960. The van der Waals surface area contributed by atoms with Gasteiger partial charge in [-0.15, -0.1) is 0 Å². The van der Waals surface area contributed by atoms with Crippen molar-refractivity contribution in [1.82, 2.24) is 9.97 Å². The van der Waals surface area contributed by atoms with Crippen molar-refractivity contribution in [2.75, 3.05) is 11.5 Å². The van der Waals surface area contributed by atoms with Gasteiger partial charge < -0.3 is 16.6 Å². The maximum atomic E-state index is 12.0. The van der Waals surface area contributed by atoms with Crippen molar-refractivity contribution in [1.29, 1.82) is 0 Å². The Kier molecular flexibility index (Phi) is 5.37. The molecular formula is C11H17F3N4O2. The van der Waals surface area contributed by atoms with Crippen LogP contribution >= 0.6 is 0 Å². The van der Waals surface area contributed by atoms with Crippen LogP contribution in [0.15, 0.2) is 4.79 Å². The number of halogens is 3. The Hall–Kier alpha value is -1.77. The molecule has 20 heavy (non-hydrogen) atoms. The third-order valence-corrected chi connectivity index (χ3v) is 2.85. The minimum absolute atomic E-state index is 0.0292. The standard InChI is InChI=1S/C11H17F3N4O2/c12-11(13,14)7(19)5-3-1-2-4-6-8(15)17-10(16)18-9(6)20/h7,19H,1-5H2,(H5,15,16,17,18,20). The highest BCUT2D eigenvalue weighted by Gasteiger charge is 2.37. The van der Waals surface area contributed by atoms with E-state index in [9.17, 15) is 18.0 Å². The number of unbranched alkanes of at least 4 members (excludes halogenated alkanes) is 2. The third kappa shape index (κ3) is 4.72. The van der Waals surface area contributed by atoms with E-state index >= 15 is 0 Å². The van der Waals surface area contributed by atoms with Crippen molar-refractivity contribution in [2.45, 2.75) is 44.4 Å². The zero-order valence-electron chi connectivity index (χ0n) is 10.7. The second-order valence-electron chi connectivity index (χ2n) is 4.47. The number of nitrogens with zero attached hydrogens (tertiary/aromatic N) is 1. The Labute approximate surface area is 113 Å². The second-order valence-corrected chi connectivity index (χ2v) is 4.47. The molecule has 1 rings (SSSR count). The zero-order chi connectivity index (χ0) is 15.3. The topological polar surface area (TPSA) is 118 Å². The van der Waals surface area contributed by atoms with E-state index in [1.54, 1.807) is 0 Å². The molecule has 0 saturated heterocycles. The molecule has 1 aromatic heterocycles. The molecule has 0 aliphatic carbocycles. The molecule has 0 aromatic carbocycles. The van der Waals surface area contributed by atoms with Crippen LogP contribution in [-0.2, 0) is 6.42 Å². The molecule has 9 heteroatoms. The maximum Gasteiger partial charge on any atom is 0.414 e. The summed E-state index contributed by atoms with van der Waals surface area (Å²) in [5.41, 5.74) is 10.7. The van der Waals surface area contributed by atoms with Gasteiger partial charge >= 0.3 is 6.18 Å². The summed E-state index contributed by atoms with van der Waals surface area (Å²) in [6, 6.07) is 0. The van der Waals surface area contributed by atoms with Crippen LogP contribution in [0.5, 0.6) is 0 Å². The maximum absolute atomic E-state index is 12.0. The summed E-state index contributed by atoms with van der Waals surface area (Å²) in [7, 11) is 0. The van der Waals surface area contributed by atoms with Crippen molar-refractivity contribution in [3.63, 3.8) is 0 Å². The fourth-order valence-corrected chi connectivity index (χ4v) is 1.75. The van der Waals surface area contributed by atoms with Gasteiger partial charge in [-0.25, -0.2) is 0 Å². The molecule has 6 N–H and O–H groups in total. The number of nitrogens with two attached hydrogens (primary N) is 2. The van der Waals surface area contributed by atoms with Crippen molar-refractivity contribution in [3.8, 4) is 0 Å². The lowest BCUT2D eigenvalue weighted by atomic mass is 10.1. The largest absolute Gasteiger partial charge is 0.414 e. The van der Waals surface area contributed by atoms with Crippen molar-refractivity contribution < 1.29 is 18.3 Å². The molecule has 1 aromatic rings. The van der Waals surface area contributed by atoms with Crippen LogP contribution in [0.4, 0.5) is 24.9 Å². The first-order valence-electron chi connectivity index (χ1n) is 6.10. The molecule has 1 unspecified atom stereocenters. The fourth-order valence-electron chi connectivity index (χ4n) is 1.75. The number of nitrogen functional groups attached to an aromatic ring is 2. The molecule has 0 amide bonds. The number of alkyl halides is 3. The van der Waals surface area contributed by atoms with E-state index in [1.165, 1.54) is 0 Å². The molecule has 0 spiro atoms. The number of aliphatic hydroxyl groups is 1. The Bertz CT molecular complexity index is 501. The van der Waals surface area contributed by atoms with Crippen molar-refractivity contribution in [3.05, 3.63) is 15.9 Å². The summed E-state index contributed by atoms with van der Waals surface area (Å²) < 4.78 is 36.1. The summed E-state index contributed by atoms with van der Waals surface area (Å²) in [6.45, 7) is 0. The smallest absolute Gasteiger partial charge is 0.384 e. The lowest BCUT2D eigenvalue weighted by Gasteiger charge is -2.13. The minimum atomic E-state index is -4.58. The number of aromatic amines is 1. The van der Waals surface area contributed by atoms with Gasteiger partial charge in [0.25, 0.3) is 5.56 Å². The Morgan fingerprint density at radius 2 is 1.90 bits per heavy atom. The highest BCUT2D eigenvalue weighted by atomic mass is 19.4. The number of anilines is 2. The highest BCUT2D eigenvalue weighted by Crippen LogP contribution is 2.24. The monoisotopic (exact) mass is 294 g/mol. The van der Waals surface area contributed by atoms with Gasteiger partial charge in [-0.2, -0.15) is 18.2 Å². The molecule has 0 radical (unpaired) electrons. The fraction of sp³-hybridized carbons (Fsp3) is 0.636. The molecule has 6 nitrogen and oxygen atoms in total. The Balaban J connectivity index is 2.38. The molecule has 0 bridgehead atoms. The van der Waals surface area contributed by atoms with Gasteiger partial charge in [0.1, 0.15) is 11.9 Å². The average Bonchev–Trinajstić information content (AvgIpc) is 2.29. The van der Waals surface area contributed by atoms with Gasteiger partial charge in [0.2, 0.25) is 5.95 Å². The van der Waals surface area contributed by atoms with Crippen molar-refractivity contribution >= 4 is 11.8 Å². The number of H-pyrrole nitrogens is 1. The van der Waals surface area contributed by atoms with Crippen LogP contribution in [0.1, 0.15) is 31.2 Å². The number of hydrogen-bond acceptors (Lipinski definition) is 5. The summed E-state index contributed by atoms with van der Waals surface area (Å²) in [6.07, 6.45) is -5.80. The van der Waals surface area contributed by atoms with Crippen LogP contribution in [0.25, 0.3) is 0 Å². The third-order valence-electron chi connectivity index (χ3n) is 2.85. The average molecular weight is 294 g/mol. The van der Waals surface area contributed by atoms with Crippen LogP contribution in [-0.4, -0.2) is 27.4 Å². The minimum Gasteiger partial charge on any atom is -0.384 e. The van der Waals surface area contributed by atoms with E-state index in [-0.39, 0.29) is 30.2 Å². The van der Waals surface area contributed by atoms with Crippen molar-refractivity contribution in [2.24, 2.45) is 0 Å². The molecule has 1 heterocycles. The Morgan fingerprint density at radius 1 is 1.25 bits per heavy atom. The van der Waals surface area contributed by atoms with E-state index in [1.807, 2.05) is 0 Å². The van der Waals surface area contributed by atoms with Crippen LogP contribution in [0.2, 0.25) is 0 Å². The van der Waals surface area contributed by atoms with E-state index in [0.29, 0.717) is 19.3 Å². The second kappa shape index (κ2) is 6.60. The summed E-state index contributed by atoms with van der Waals surface area (Å²) in [5.74, 6) is -0.0499. The first-order valence-corrected chi connectivity index (χ1v) is 6.10. The predicted molar refractivity (Wildman–Crippen MR) is 67.9 cm³/mol. The van der Waals surface area contributed by atoms with Gasteiger partial charge in [-0.3, -0.25) is 9.78 Å². The van der Waals surface area contributed by atoms with Crippen LogP contribution in [0.3, 0.4) is 0 Å². The SMILES string of the molecule is Nc1nc(N)c(CCCCCC(O)C(F)(F)F)c(=O)[nH]1.